The summed E-state index contributed by atoms with van der Waals surface area (Å²) in [5.41, 5.74) is 8.76. The summed E-state index contributed by atoms with van der Waals surface area (Å²) >= 11 is 0. The first-order valence-corrected chi connectivity index (χ1v) is 15.9. The number of methoxy groups -OCH3 is 1. The number of carbonyl (C=O) groups excluding carboxylic acids is 2. The number of β-amino-alcohol motifs (C(OH)–C–C–N with tert-alkyl or cyclic N) is 1. The third kappa shape index (κ3) is 5.81. The number of amides is 1. The molecule has 13 heteroatoms. The van der Waals surface area contributed by atoms with E-state index in [9.17, 15) is 14.7 Å². The van der Waals surface area contributed by atoms with Gasteiger partial charge in [-0.25, -0.2) is 0 Å². The number of nitrogens with two attached hydrogens (primary N) is 1. The number of hydrogen-bond acceptors (Lipinski definition) is 11. The van der Waals surface area contributed by atoms with Crippen LogP contribution in [-0.2, 0) is 4.79 Å². The zero-order valence-electron chi connectivity index (χ0n) is 26.1. The second-order valence-electron chi connectivity index (χ2n) is 12.5. The molecular formula is C31H47N9O4. The zero-order chi connectivity index (χ0) is 31.0. The quantitative estimate of drug-likeness (QED) is 0.257. The molecule has 4 heterocycles. The highest BCUT2D eigenvalue weighted by atomic mass is 16.5. The van der Waals surface area contributed by atoms with Crippen molar-refractivity contribution in [2.45, 2.75) is 57.0 Å². The molecule has 1 aliphatic carbocycles. The van der Waals surface area contributed by atoms with E-state index in [1.807, 2.05) is 30.1 Å². The standard InChI is InChI=1S/C31H47N9O4/c1-4-22-19-36(2)28-29(40(22)23-7-5-6-8-23)34-31(32,35-30(28)43)33-24-18-25-21(17-26(24)44-3)9-10-39(25)27(42)20-38-13-11-37(12-14-38)15-16-41/h9-10,17-18,22-23,33-34,41H,4-8,11-16,19-20,32H2,1-3H3,(H,35,43)/t22?,31-/m1/s1. The van der Waals surface area contributed by atoms with Gasteiger partial charge >= 0.3 is 0 Å². The molecule has 2 aromatic rings. The number of hydrogen-bond donors (Lipinski definition) is 5. The van der Waals surface area contributed by atoms with Crippen LogP contribution < -0.4 is 26.4 Å². The maximum atomic E-state index is 13.6. The topological polar surface area (TPSA) is 144 Å². The van der Waals surface area contributed by atoms with Crippen LogP contribution in [0.25, 0.3) is 10.9 Å². The Morgan fingerprint density at radius 2 is 1.89 bits per heavy atom. The van der Waals surface area contributed by atoms with Crippen molar-refractivity contribution < 1.29 is 19.4 Å². The van der Waals surface area contributed by atoms with E-state index in [1.165, 1.54) is 12.8 Å². The van der Waals surface area contributed by atoms with Gasteiger partial charge in [0.15, 0.2) is 0 Å². The average Bonchev–Trinajstić information content (AvgIpc) is 3.67. The minimum absolute atomic E-state index is 0.0314. The SMILES string of the molecule is CCC1CN(C)C2=C(N[C@@](N)(Nc3cc4c(ccn4C(=O)CN4CCN(CCO)CC4)cc3OC)NC2=O)N1C1CCCC1. The maximum absolute atomic E-state index is 13.6. The molecule has 2 fully saturated rings. The van der Waals surface area contributed by atoms with Crippen LogP contribution in [0.3, 0.4) is 0 Å². The number of fused-ring (bicyclic) bond motifs is 1. The number of anilines is 1. The van der Waals surface area contributed by atoms with Gasteiger partial charge in [0.25, 0.3) is 5.91 Å². The van der Waals surface area contributed by atoms with E-state index in [4.69, 9.17) is 10.5 Å². The minimum Gasteiger partial charge on any atom is -0.495 e. The van der Waals surface area contributed by atoms with Gasteiger partial charge in [0.1, 0.15) is 17.3 Å². The van der Waals surface area contributed by atoms with Gasteiger partial charge in [0.05, 0.1) is 31.5 Å². The molecular weight excluding hydrogens is 562 g/mol. The lowest BCUT2D eigenvalue weighted by Crippen LogP contribution is -2.76. The predicted molar refractivity (Wildman–Crippen MR) is 169 cm³/mol. The van der Waals surface area contributed by atoms with Gasteiger partial charge in [-0.15, -0.1) is 0 Å². The predicted octanol–water partition coefficient (Wildman–Crippen LogP) is 0.739. The second kappa shape index (κ2) is 12.5. The van der Waals surface area contributed by atoms with Crippen LogP contribution in [0.5, 0.6) is 5.75 Å². The Bertz CT molecular complexity index is 1410. The molecule has 4 aliphatic rings. The molecule has 44 heavy (non-hydrogen) atoms. The summed E-state index contributed by atoms with van der Waals surface area (Å²) in [6, 6.07) is 6.26. The smallest absolute Gasteiger partial charge is 0.275 e. The van der Waals surface area contributed by atoms with Crippen LogP contribution in [0.4, 0.5) is 5.69 Å². The fourth-order valence-corrected chi connectivity index (χ4v) is 7.33. The second-order valence-corrected chi connectivity index (χ2v) is 12.5. The molecule has 1 saturated heterocycles. The maximum Gasteiger partial charge on any atom is 0.275 e. The summed E-state index contributed by atoms with van der Waals surface area (Å²) in [6.45, 7) is 7.27. The van der Waals surface area contributed by atoms with E-state index in [-0.39, 0.29) is 24.5 Å². The summed E-state index contributed by atoms with van der Waals surface area (Å²) in [7, 11) is 3.55. The number of rotatable bonds is 9. The van der Waals surface area contributed by atoms with Gasteiger partial charge in [0.2, 0.25) is 11.8 Å². The normalized spacial score (nSPS) is 25.3. The number of aromatic nitrogens is 1. The lowest BCUT2D eigenvalue weighted by molar-refractivity contribution is -0.123. The van der Waals surface area contributed by atoms with Crippen LogP contribution in [0.1, 0.15) is 43.8 Å². The first-order chi connectivity index (χ1) is 21.2. The molecule has 1 amide bonds. The molecule has 6 rings (SSSR count). The number of carbonyl (C=O) groups is 2. The number of nitrogens with one attached hydrogen (secondary N) is 3. The molecule has 3 aliphatic heterocycles. The zero-order valence-corrected chi connectivity index (χ0v) is 26.1. The highest BCUT2D eigenvalue weighted by Crippen LogP contribution is 2.36. The molecule has 1 saturated carbocycles. The number of nitrogens with zero attached hydrogens (tertiary/aromatic N) is 5. The van der Waals surface area contributed by atoms with Gasteiger partial charge < -0.3 is 30.3 Å². The number of aliphatic hydroxyl groups excluding tert-OH is 1. The van der Waals surface area contributed by atoms with Crippen LogP contribution in [0.15, 0.2) is 35.9 Å². The molecule has 1 aromatic carbocycles. The number of benzene rings is 1. The number of ether oxygens (including phenoxy) is 1. The van der Waals surface area contributed by atoms with Gasteiger partial charge in [-0.3, -0.25) is 35.0 Å². The number of likely N-dealkylation sites (N-methyl/N-ethyl adjacent to an activating group) is 1. The van der Waals surface area contributed by atoms with Gasteiger partial charge in [-0.05, 0) is 37.5 Å². The van der Waals surface area contributed by atoms with Crippen molar-refractivity contribution in [1.29, 1.82) is 0 Å². The van der Waals surface area contributed by atoms with Crippen molar-refractivity contribution in [3.8, 4) is 5.75 Å². The summed E-state index contributed by atoms with van der Waals surface area (Å²) in [4.78, 5) is 35.9. The first kappa shape index (κ1) is 30.5. The molecule has 13 nitrogen and oxygen atoms in total. The van der Waals surface area contributed by atoms with E-state index in [0.29, 0.717) is 36.3 Å². The summed E-state index contributed by atoms with van der Waals surface area (Å²) in [5, 5.41) is 19.8. The van der Waals surface area contributed by atoms with Crippen molar-refractivity contribution in [2.24, 2.45) is 5.73 Å². The Morgan fingerprint density at radius 3 is 2.57 bits per heavy atom. The molecule has 6 N–H and O–H groups in total. The highest BCUT2D eigenvalue weighted by molar-refractivity contribution is 5.97. The Morgan fingerprint density at radius 1 is 1.16 bits per heavy atom. The Balaban J connectivity index is 1.26. The number of aliphatic hydroxyl groups is 1. The third-order valence-electron chi connectivity index (χ3n) is 9.62. The van der Waals surface area contributed by atoms with Crippen LogP contribution in [0, 0.1) is 0 Å². The lowest BCUT2D eigenvalue weighted by atomic mass is 10.0. The van der Waals surface area contributed by atoms with Crippen LogP contribution >= 0.6 is 0 Å². The van der Waals surface area contributed by atoms with Gasteiger partial charge in [-0.2, -0.15) is 0 Å². The number of piperazine rings is 1. The minimum atomic E-state index is -1.50. The third-order valence-corrected chi connectivity index (χ3v) is 9.62. The van der Waals surface area contributed by atoms with Gasteiger partial charge in [0, 0.05) is 70.0 Å². The summed E-state index contributed by atoms with van der Waals surface area (Å²) in [5.74, 6) is -0.473. The fourth-order valence-electron chi connectivity index (χ4n) is 7.33. The average molecular weight is 610 g/mol. The molecule has 1 aromatic heterocycles. The molecule has 240 valence electrons. The largest absolute Gasteiger partial charge is 0.495 e. The van der Waals surface area contributed by atoms with Crippen molar-refractivity contribution in [1.82, 2.24) is 34.8 Å². The Kier molecular flexibility index (Phi) is 8.64. The van der Waals surface area contributed by atoms with Crippen LogP contribution in [0.2, 0.25) is 0 Å². The molecule has 1 unspecified atom stereocenters. The summed E-state index contributed by atoms with van der Waals surface area (Å²) in [6.07, 6.45) is 7.31. The lowest BCUT2D eigenvalue weighted by Gasteiger charge is -2.52. The van der Waals surface area contributed by atoms with Crippen molar-refractivity contribution in [3.05, 3.63) is 35.9 Å². The molecule has 0 bridgehead atoms. The van der Waals surface area contributed by atoms with Crippen molar-refractivity contribution >= 4 is 28.4 Å². The monoisotopic (exact) mass is 609 g/mol. The first-order valence-electron chi connectivity index (χ1n) is 15.9. The van der Waals surface area contributed by atoms with E-state index in [0.717, 1.165) is 68.7 Å². The van der Waals surface area contributed by atoms with E-state index >= 15 is 0 Å². The molecule has 0 spiro atoms. The van der Waals surface area contributed by atoms with Gasteiger partial charge in [-0.1, -0.05) is 19.8 Å². The molecule has 2 atom stereocenters. The van der Waals surface area contributed by atoms with Crippen molar-refractivity contribution in [2.75, 3.05) is 71.9 Å². The molecule has 0 radical (unpaired) electrons. The Labute approximate surface area is 258 Å². The van der Waals surface area contributed by atoms with E-state index in [1.54, 1.807) is 17.9 Å². The highest BCUT2D eigenvalue weighted by Gasteiger charge is 2.46. The van der Waals surface area contributed by atoms with Crippen molar-refractivity contribution in [3.63, 3.8) is 0 Å². The Hall–Kier alpha value is -3.52. The van der Waals surface area contributed by atoms with Crippen LogP contribution in [-0.4, -0.2) is 126 Å². The summed E-state index contributed by atoms with van der Waals surface area (Å²) < 4.78 is 7.40. The van der Waals surface area contributed by atoms with E-state index in [2.05, 4.69) is 37.6 Å². The fraction of sp³-hybridized carbons (Fsp3) is 0.613. The van der Waals surface area contributed by atoms with E-state index < -0.39 is 5.91 Å².